The summed E-state index contributed by atoms with van der Waals surface area (Å²) in [6.45, 7) is 2.13. The van der Waals surface area contributed by atoms with Crippen LogP contribution in [0.5, 0.6) is 0 Å². The molecule has 0 aliphatic rings. The Hall–Kier alpha value is -2.39. The van der Waals surface area contributed by atoms with Crippen molar-refractivity contribution in [3.8, 4) is 22.9 Å². The first-order chi connectivity index (χ1) is 10.1. The van der Waals surface area contributed by atoms with Crippen LogP contribution in [0.2, 0.25) is 0 Å². The molecular weight excluding hydrogens is 284 g/mol. The zero-order chi connectivity index (χ0) is 15.2. The number of benzene rings is 1. The van der Waals surface area contributed by atoms with Gasteiger partial charge in [-0.05, 0) is 6.92 Å². The van der Waals surface area contributed by atoms with Gasteiger partial charge in [0.25, 0.3) is 0 Å². The van der Waals surface area contributed by atoms with Crippen molar-refractivity contribution in [1.29, 1.82) is 0 Å². The average molecular weight is 300 g/mol. The van der Waals surface area contributed by atoms with Crippen molar-refractivity contribution in [2.45, 2.75) is 19.5 Å². The number of nitrogens with one attached hydrogen (secondary N) is 1. The molecule has 6 heteroatoms. The maximum Gasteiger partial charge on any atom is 0.318 e. The molecule has 2 aromatic rings. The van der Waals surface area contributed by atoms with E-state index in [-0.39, 0.29) is 12.1 Å². The topological polar surface area (TPSA) is 58.1 Å². The third-order valence-electron chi connectivity index (χ3n) is 3.02. The summed E-state index contributed by atoms with van der Waals surface area (Å²) in [6.07, 6.45) is 5.29. The minimum Gasteiger partial charge on any atom is -0.331 e. The number of carbonyl (C=O) groups is 1. The van der Waals surface area contributed by atoms with E-state index in [1.807, 2.05) is 30.3 Å². The lowest BCUT2D eigenvalue weighted by atomic mass is 10.2. The molecular formula is C15H16N4OS. The van der Waals surface area contributed by atoms with Crippen LogP contribution in [-0.2, 0) is 6.54 Å². The number of hydrogen-bond acceptors (Lipinski definition) is 4. The van der Waals surface area contributed by atoms with Crippen molar-refractivity contribution < 1.29 is 4.79 Å². The minimum atomic E-state index is -0.251. The lowest BCUT2D eigenvalue weighted by molar-refractivity contribution is 0.203. The fourth-order valence-electron chi connectivity index (χ4n) is 1.59. The molecule has 1 aromatic carbocycles. The van der Waals surface area contributed by atoms with E-state index in [0.717, 1.165) is 15.6 Å². The van der Waals surface area contributed by atoms with Crippen molar-refractivity contribution in [1.82, 2.24) is 20.4 Å². The van der Waals surface area contributed by atoms with Gasteiger partial charge in [0.15, 0.2) is 0 Å². The van der Waals surface area contributed by atoms with Crippen LogP contribution >= 0.6 is 11.3 Å². The van der Waals surface area contributed by atoms with Crippen molar-refractivity contribution in [3.05, 3.63) is 35.3 Å². The van der Waals surface area contributed by atoms with Crippen LogP contribution in [0.4, 0.5) is 4.79 Å². The summed E-state index contributed by atoms with van der Waals surface area (Å²) in [5.74, 6) is 2.51. The van der Waals surface area contributed by atoms with E-state index in [0.29, 0.717) is 6.54 Å². The number of rotatable bonds is 4. The Morgan fingerprint density at radius 2 is 2.14 bits per heavy atom. The van der Waals surface area contributed by atoms with Crippen LogP contribution in [0, 0.1) is 12.3 Å². The first-order valence-corrected chi connectivity index (χ1v) is 7.28. The second kappa shape index (κ2) is 6.86. The van der Waals surface area contributed by atoms with E-state index in [1.165, 1.54) is 16.2 Å². The van der Waals surface area contributed by atoms with Gasteiger partial charge >= 0.3 is 6.03 Å². The number of urea groups is 1. The molecule has 21 heavy (non-hydrogen) atoms. The van der Waals surface area contributed by atoms with E-state index < -0.39 is 0 Å². The first-order valence-electron chi connectivity index (χ1n) is 6.46. The highest BCUT2D eigenvalue weighted by Gasteiger charge is 2.14. The van der Waals surface area contributed by atoms with Gasteiger partial charge in [0.2, 0.25) is 0 Å². The molecule has 0 spiro atoms. The van der Waals surface area contributed by atoms with Gasteiger partial charge in [-0.25, -0.2) is 4.79 Å². The van der Waals surface area contributed by atoms with Crippen molar-refractivity contribution in [2.75, 3.05) is 7.05 Å². The molecule has 0 aliphatic carbocycles. The fraction of sp³-hybridized carbons (Fsp3) is 0.267. The molecule has 1 heterocycles. The van der Waals surface area contributed by atoms with E-state index in [2.05, 4.69) is 21.4 Å². The third kappa shape index (κ3) is 3.80. The lowest BCUT2D eigenvalue weighted by Crippen LogP contribution is -2.41. The average Bonchev–Trinajstić information content (AvgIpc) is 3.01. The molecule has 2 rings (SSSR count). The van der Waals surface area contributed by atoms with E-state index in [4.69, 9.17) is 6.42 Å². The van der Waals surface area contributed by atoms with Crippen LogP contribution in [0.1, 0.15) is 11.9 Å². The van der Waals surface area contributed by atoms with Crippen molar-refractivity contribution >= 4 is 17.4 Å². The lowest BCUT2D eigenvalue weighted by Gasteiger charge is -2.20. The van der Waals surface area contributed by atoms with Crippen LogP contribution < -0.4 is 5.32 Å². The van der Waals surface area contributed by atoms with Gasteiger partial charge in [0.05, 0.1) is 12.6 Å². The first kappa shape index (κ1) is 15.0. The predicted molar refractivity (Wildman–Crippen MR) is 83.6 cm³/mol. The predicted octanol–water partition coefficient (Wildman–Crippen LogP) is 2.37. The Kier molecular flexibility index (Phi) is 4.90. The fourth-order valence-corrected chi connectivity index (χ4v) is 2.37. The number of carbonyl (C=O) groups excluding carboxylic acids is 1. The highest BCUT2D eigenvalue weighted by molar-refractivity contribution is 7.14. The number of amides is 2. The summed E-state index contributed by atoms with van der Waals surface area (Å²) in [5, 5.41) is 12.6. The molecule has 0 fully saturated rings. The van der Waals surface area contributed by atoms with Crippen LogP contribution in [-0.4, -0.2) is 34.2 Å². The Labute approximate surface area is 128 Å². The molecule has 1 N–H and O–H groups in total. The van der Waals surface area contributed by atoms with Gasteiger partial charge in [-0.15, -0.1) is 16.6 Å². The molecule has 0 saturated heterocycles. The molecule has 0 unspecified atom stereocenters. The van der Waals surface area contributed by atoms with E-state index >= 15 is 0 Å². The Morgan fingerprint density at radius 1 is 1.43 bits per heavy atom. The number of nitrogens with zero attached hydrogens (tertiary/aromatic N) is 3. The van der Waals surface area contributed by atoms with Crippen molar-refractivity contribution in [2.24, 2.45) is 0 Å². The van der Waals surface area contributed by atoms with Crippen LogP contribution in [0.25, 0.3) is 10.6 Å². The summed E-state index contributed by atoms with van der Waals surface area (Å²) in [5.41, 5.74) is 1.02. The van der Waals surface area contributed by atoms with Gasteiger partial charge in [0.1, 0.15) is 10.0 Å². The van der Waals surface area contributed by atoms with Gasteiger partial charge < -0.3 is 10.2 Å². The van der Waals surface area contributed by atoms with Gasteiger partial charge in [-0.1, -0.05) is 47.6 Å². The standard InChI is InChI=1S/C15H16N4OS/c1-4-11(2)19(3)15(20)16-10-13-17-18-14(21-13)12-8-6-5-7-9-12/h1,5-9,11H,10H2,2-3H3,(H,16,20)/t11-/m0/s1. The number of terminal acetylenes is 1. The molecule has 1 atom stereocenters. The Morgan fingerprint density at radius 3 is 2.81 bits per heavy atom. The quantitative estimate of drug-likeness (QED) is 0.882. The second-order valence-electron chi connectivity index (χ2n) is 4.48. The minimum absolute atomic E-state index is 0.225. The molecule has 0 radical (unpaired) electrons. The zero-order valence-corrected chi connectivity index (χ0v) is 12.7. The molecule has 0 saturated carbocycles. The molecule has 2 amide bonds. The van der Waals surface area contributed by atoms with Crippen LogP contribution in [0.3, 0.4) is 0 Å². The highest BCUT2D eigenvalue weighted by Crippen LogP contribution is 2.22. The van der Waals surface area contributed by atoms with E-state index in [1.54, 1.807) is 14.0 Å². The number of hydrogen-bond donors (Lipinski definition) is 1. The molecule has 1 aromatic heterocycles. The normalized spacial score (nSPS) is 11.5. The summed E-state index contributed by atoms with van der Waals surface area (Å²) in [4.78, 5) is 13.3. The smallest absolute Gasteiger partial charge is 0.318 e. The molecule has 108 valence electrons. The Balaban J connectivity index is 1.95. The maximum absolute atomic E-state index is 11.9. The summed E-state index contributed by atoms with van der Waals surface area (Å²) in [6, 6.07) is 9.34. The summed E-state index contributed by atoms with van der Waals surface area (Å²) < 4.78 is 0. The summed E-state index contributed by atoms with van der Waals surface area (Å²) >= 11 is 1.46. The largest absolute Gasteiger partial charge is 0.331 e. The summed E-state index contributed by atoms with van der Waals surface area (Å²) in [7, 11) is 1.66. The van der Waals surface area contributed by atoms with Crippen LogP contribution in [0.15, 0.2) is 30.3 Å². The molecule has 0 bridgehead atoms. The molecule has 5 nitrogen and oxygen atoms in total. The zero-order valence-electron chi connectivity index (χ0n) is 11.9. The third-order valence-corrected chi connectivity index (χ3v) is 3.99. The highest BCUT2D eigenvalue weighted by atomic mass is 32.1. The molecule has 0 aliphatic heterocycles. The van der Waals surface area contributed by atoms with Gasteiger partial charge in [-0.2, -0.15) is 0 Å². The van der Waals surface area contributed by atoms with E-state index in [9.17, 15) is 4.79 Å². The van der Waals surface area contributed by atoms with Gasteiger partial charge in [-0.3, -0.25) is 0 Å². The monoisotopic (exact) mass is 300 g/mol. The van der Waals surface area contributed by atoms with Crippen molar-refractivity contribution in [3.63, 3.8) is 0 Å². The maximum atomic E-state index is 11.9. The van der Waals surface area contributed by atoms with Gasteiger partial charge in [0, 0.05) is 12.6 Å². The second-order valence-corrected chi connectivity index (χ2v) is 5.54. The number of aromatic nitrogens is 2. The SMILES string of the molecule is C#C[C@H](C)N(C)C(=O)NCc1nnc(-c2ccccc2)s1. The Bertz CT molecular complexity index is 647.